The van der Waals surface area contributed by atoms with Gasteiger partial charge >= 0.3 is 0 Å². The van der Waals surface area contributed by atoms with Gasteiger partial charge in [-0.1, -0.05) is 6.58 Å². The molecule has 0 bridgehead atoms. The number of rotatable bonds is 3. The fourth-order valence-corrected chi connectivity index (χ4v) is 1.33. The molecule has 0 aliphatic carbocycles. The predicted molar refractivity (Wildman–Crippen MR) is 56.1 cm³/mol. The first-order valence-corrected chi connectivity index (χ1v) is 4.60. The van der Waals surface area contributed by atoms with Crippen LogP contribution in [0.2, 0.25) is 0 Å². The molecule has 1 atom stereocenters. The highest BCUT2D eigenvalue weighted by Gasteiger charge is 2.30. The van der Waals surface area contributed by atoms with Crippen molar-refractivity contribution in [2.45, 2.75) is 26.5 Å². The van der Waals surface area contributed by atoms with Crippen LogP contribution in [0, 0.1) is 13.8 Å². The van der Waals surface area contributed by atoms with Gasteiger partial charge in [0.2, 0.25) is 5.91 Å². The molecular formula is C11H15NO3. The Balaban J connectivity index is 3.00. The monoisotopic (exact) mass is 209 g/mol. The number of carbonyl (C=O) groups is 1. The summed E-state index contributed by atoms with van der Waals surface area (Å²) in [6.45, 7) is 8.46. The minimum Gasteiger partial charge on any atom is -0.464 e. The molecule has 0 aliphatic heterocycles. The van der Waals surface area contributed by atoms with Crippen molar-refractivity contribution in [2.75, 3.05) is 0 Å². The maximum atomic E-state index is 11.1. The summed E-state index contributed by atoms with van der Waals surface area (Å²) >= 11 is 0. The lowest BCUT2D eigenvalue weighted by Gasteiger charge is -2.22. The van der Waals surface area contributed by atoms with E-state index < -0.39 is 11.6 Å². The smallest absolute Gasteiger partial charge is 0.245 e. The van der Waals surface area contributed by atoms with Crippen molar-refractivity contribution in [3.63, 3.8) is 0 Å². The van der Waals surface area contributed by atoms with Gasteiger partial charge in [0.05, 0.1) is 6.26 Å². The standard InChI is InChI=1S/C11H15NO3/c1-5-9(13)12-11(4,14)10-8(3)7(2)6-15-10/h5-6,14H,1H2,2-4H3,(H,12,13). The van der Waals surface area contributed by atoms with Crippen molar-refractivity contribution in [2.24, 2.45) is 0 Å². The first kappa shape index (κ1) is 11.5. The van der Waals surface area contributed by atoms with E-state index in [1.807, 2.05) is 13.8 Å². The largest absolute Gasteiger partial charge is 0.464 e. The molecule has 4 nitrogen and oxygen atoms in total. The first-order chi connectivity index (χ1) is 6.88. The van der Waals surface area contributed by atoms with Crippen LogP contribution >= 0.6 is 0 Å². The molecule has 1 unspecified atom stereocenters. The predicted octanol–water partition coefficient (Wildman–Crippen LogP) is 1.36. The molecule has 1 amide bonds. The number of aliphatic hydroxyl groups is 1. The second-order valence-corrected chi connectivity index (χ2v) is 3.64. The Morgan fingerprint density at radius 2 is 2.27 bits per heavy atom. The van der Waals surface area contributed by atoms with E-state index in [4.69, 9.17) is 4.42 Å². The van der Waals surface area contributed by atoms with Crippen LogP contribution in [0.1, 0.15) is 23.8 Å². The van der Waals surface area contributed by atoms with E-state index in [1.54, 1.807) is 6.26 Å². The topological polar surface area (TPSA) is 62.5 Å². The molecule has 1 aromatic rings. The number of carbonyl (C=O) groups excluding carboxylic acids is 1. The molecule has 15 heavy (non-hydrogen) atoms. The van der Waals surface area contributed by atoms with Crippen LogP contribution in [0.5, 0.6) is 0 Å². The van der Waals surface area contributed by atoms with Crippen LogP contribution < -0.4 is 5.32 Å². The van der Waals surface area contributed by atoms with E-state index in [-0.39, 0.29) is 0 Å². The molecule has 1 rings (SSSR count). The lowest BCUT2D eigenvalue weighted by atomic mass is 10.1. The molecule has 4 heteroatoms. The highest BCUT2D eigenvalue weighted by atomic mass is 16.4. The second kappa shape index (κ2) is 3.90. The fraction of sp³-hybridized carbons (Fsp3) is 0.364. The fourth-order valence-electron chi connectivity index (χ4n) is 1.33. The summed E-state index contributed by atoms with van der Waals surface area (Å²) in [5, 5.41) is 12.4. The SMILES string of the molecule is C=CC(=O)NC(C)(O)c1occ(C)c1C. The van der Waals surface area contributed by atoms with E-state index in [2.05, 4.69) is 11.9 Å². The average molecular weight is 209 g/mol. The Hall–Kier alpha value is -1.55. The second-order valence-electron chi connectivity index (χ2n) is 3.64. The van der Waals surface area contributed by atoms with E-state index in [1.165, 1.54) is 6.92 Å². The van der Waals surface area contributed by atoms with Crippen molar-refractivity contribution >= 4 is 5.91 Å². The summed E-state index contributed by atoms with van der Waals surface area (Å²) in [6, 6.07) is 0. The highest BCUT2D eigenvalue weighted by Crippen LogP contribution is 2.25. The van der Waals surface area contributed by atoms with Gasteiger partial charge in [-0.25, -0.2) is 0 Å². The number of amides is 1. The minimum absolute atomic E-state index is 0.343. The third-order valence-corrected chi connectivity index (χ3v) is 2.28. The molecule has 1 aromatic heterocycles. The maximum Gasteiger partial charge on any atom is 0.245 e. The van der Waals surface area contributed by atoms with Gasteiger partial charge in [0, 0.05) is 0 Å². The van der Waals surface area contributed by atoms with Gasteiger partial charge in [0.25, 0.3) is 0 Å². The number of nitrogens with one attached hydrogen (secondary N) is 1. The van der Waals surface area contributed by atoms with Crippen LogP contribution in [0.15, 0.2) is 23.3 Å². The molecule has 2 N–H and O–H groups in total. The van der Waals surface area contributed by atoms with Gasteiger partial charge in [-0.15, -0.1) is 0 Å². The maximum absolute atomic E-state index is 11.1. The third kappa shape index (κ3) is 2.27. The Bertz CT molecular complexity index is 391. The lowest BCUT2D eigenvalue weighted by Crippen LogP contribution is -2.42. The first-order valence-electron chi connectivity index (χ1n) is 4.60. The number of hydrogen-bond acceptors (Lipinski definition) is 3. The van der Waals surface area contributed by atoms with Crippen LogP contribution in [0.3, 0.4) is 0 Å². The van der Waals surface area contributed by atoms with Crippen molar-refractivity contribution in [3.8, 4) is 0 Å². The third-order valence-electron chi connectivity index (χ3n) is 2.28. The molecule has 0 saturated carbocycles. The van der Waals surface area contributed by atoms with Crippen LogP contribution in [-0.2, 0) is 10.5 Å². The van der Waals surface area contributed by atoms with Crippen LogP contribution in [-0.4, -0.2) is 11.0 Å². The summed E-state index contributed by atoms with van der Waals surface area (Å²) in [7, 11) is 0. The number of furan rings is 1. The summed E-state index contributed by atoms with van der Waals surface area (Å²) in [4.78, 5) is 11.1. The van der Waals surface area contributed by atoms with Crippen LogP contribution in [0.4, 0.5) is 0 Å². The Labute approximate surface area is 88.6 Å². The number of aryl methyl sites for hydroxylation is 1. The Morgan fingerprint density at radius 1 is 1.67 bits per heavy atom. The van der Waals surface area contributed by atoms with Gasteiger partial charge in [-0.3, -0.25) is 4.79 Å². The van der Waals surface area contributed by atoms with Gasteiger partial charge in [0.15, 0.2) is 11.5 Å². The Morgan fingerprint density at radius 3 is 2.67 bits per heavy atom. The van der Waals surface area contributed by atoms with Crippen molar-refractivity contribution in [1.29, 1.82) is 0 Å². The van der Waals surface area contributed by atoms with Gasteiger partial charge < -0.3 is 14.8 Å². The molecule has 0 spiro atoms. The zero-order valence-corrected chi connectivity index (χ0v) is 9.13. The average Bonchev–Trinajstić information content (AvgIpc) is 2.47. The molecule has 82 valence electrons. The molecule has 0 radical (unpaired) electrons. The Kier molecular flexibility index (Phi) is 3.00. The summed E-state index contributed by atoms with van der Waals surface area (Å²) in [6.07, 6.45) is 2.64. The molecule has 0 aromatic carbocycles. The van der Waals surface area contributed by atoms with Crippen molar-refractivity contribution in [3.05, 3.63) is 35.8 Å². The molecule has 1 heterocycles. The highest BCUT2D eigenvalue weighted by molar-refractivity contribution is 5.87. The normalized spacial score (nSPS) is 14.4. The number of hydrogen-bond donors (Lipinski definition) is 2. The van der Waals surface area contributed by atoms with Crippen molar-refractivity contribution in [1.82, 2.24) is 5.32 Å². The van der Waals surface area contributed by atoms with Crippen LogP contribution in [0.25, 0.3) is 0 Å². The zero-order valence-electron chi connectivity index (χ0n) is 9.13. The quantitative estimate of drug-likeness (QED) is 0.583. The van der Waals surface area contributed by atoms with Crippen molar-refractivity contribution < 1.29 is 14.3 Å². The molecule has 0 saturated heterocycles. The van der Waals surface area contributed by atoms with Gasteiger partial charge in [0.1, 0.15) is 0 Å². The van der Waals surface area contributed by atoms with E-state index in [0.717, 1.165) is 17.2 Å². The minimum atomic E-state index is -1.51. The van der Waals surface area contributed by atoms with Gasteiger partial charge in [-0.05, 0) is 38.0 Å². The molecule has 0 fully saturated rings. The van der Waals surface area contributed by atoms with Gasteiger partial charge in [-0.2, -0.15) is 0 Å². The summed E-state index contributed by atoms with van der Waals surface area (Å²) < 4.78 is 5.21. The zero-order chi connectivity index (χ0) is 11.6. The van der Waals surface area contributed by atoms with E-state index in [0.29, 0.717) is 5.76 Å². The summed E-state index contributed by atoms with van der Waals surface area (Å²) in [5.41, 5.74) is 0.242. The lowest BCUT2D eigenvalue weighted by molar-refractivity contribution is -0.124. The molecule has 0 aliphatic rings. The van der Waals surface area contributed by atoms with E-state index in [9.17, 15) is 9.90 Å². The molecular weight excluding hydrogens is 194 g/mol. The summed E-state index contributed by atoms with van der Waals surface area (Å²) in [5.74, 6) is -0.108. The van der Waals surface area contributed by atoms with E-state index >= 15 is 0 Å².